The van der Waals surface area contributed by atoms with Crippen LogP contribution in [0.3, 0.4) is 0 Å². The number of nitrogens with zero attached hydrogens (tertiary/aromatic N) is 1. The van der Waals surface area contributed by atoms with Gasteiger partial charge in [-0.25, -0.2) is 0 Å². The minimum Gasteiger partial charge on any atom is -0.495 e. The van der Waals surface area contributed by atoms with E-state index in [1.807, 2.05) is 38.1 Å². The number of nitrogens with one attached hydrogen (secondary N) is 1. The zero-order valence-electron chi connectivity index (χ0n) is 17.1. The third-order valence-electron chi connectivity index (χ3n) is 4.77. The van der Waals surface area contributed by atoms with Crippen LogP contribution < -0.4 is 15.0 Å². The highest BCUT2D eigenvalue weighted by atomic mass is 32.2. The summed E-state index contributed by atoms with van der Waals surface area (Å²) < 4.78 is 35.5. The van der Waals surface area contributed by atoms with E-state index in [4.69, 9.17) is 8.92 Å². The molecule has 0 unspecified atom stereocenters. The van der Waals surface area contributed by atoms with Crippen LogP contribution in [-0.4, -0.2) is 40.1 Å². The number of benzene rings is 2. The van der Waals surface area contributed by atoms with Gasteiger partial charge in [-0.15, -0.1) is 0 Å². The monoisotopic (exact) mass is 418 g/mol. The van der Waals surface area contributed by atoms with E-state index in [-0.39, 0.29) is 23.2 Å². The van der Waals surface area contributed by atoms with E-state index in [0.29, 0.717) is 13.0 Å². The van der Waals surface area contributed by atoms with Crippen molar-refractivity contribution in [2.24, 2.45) is 0 Å². The first-order valence-electron chi connectivity index (χ1n) is 9.39. The number of carbonyl (C=O) groups is 1. The molecule has 3 rings (SSSR count). The number of aryl methyl sites for hydroxylation is 1. The number of fused-ring (bicyclic) bond motifs is 1. The molecule has 2 aromatic carbocycles. The molecule has 0 aromatic heterocycles. The predicted molar refractivity (Wildman–Crippen MR) is 112 cm³/mol. The van der Waals surface area contributed by atoms with Gasteiger partial charge in [-0.3, -0.25) is 8.98 Å². The quantitative estimate of drug-likeness (QED) is 0.548. The molecule has 1 N–H and O–H groups in total. The zero-order chi connectivity index (χ0) is 21.2. The van der Waals surface area contributed by atoms with Gasteiger partial charge >= 0.3 is 10.1 Å². The van der Waals surface area contributed by atoms with Gasteiger partial charge in [-0.05, 0) is 57.0 Å². The lowest BCUT2D eigenvalue weighted by atomic mass is 9.98. The number of amides is 1. The van der Waals surface area contributed by atoms with Crippen LogP contribution >= 0.6 is 0 Å². The summed E-state index contributed by atoms with van der Waals surface area (Å²) in [6.07, 6.45) is 0.365. The number of hydrogen-bond donors (Lipinski definition) is 1. The molecule has 2 aromatic rings. The van der Waals surface area contributed by atoms with Crippen molar-refractivity contribution in [3.8, 4) is 5.75 Å². The summed E-state index contributed by atoms with van der Waals surface area (Å²) in [4.78, 5) is 14.5. The minimum absolute atomic E-state index is 0.00438. The Hall–Kier alpha value is -2.58. The van der Waals surface area contributed by atoms with E-state index in [2.05, 4.69) is 5.32 Å². The molecule has 0 radical (unpaired) electrons. The van der Waals surface area contributed by atoms with Crippen LogP contribution in [0.4, 0.5) is 11.4 Å². The van der Waals surface area contributed by atoms with Gasteiger partial charge in [0, 0.05) is 6.54 Å². The van der Waals surface area contributed by atoms with E-state index in [9.17, 15) is 13.2 Å². The molecule has 7 nitrogen and oxygen atoms in total. The molecule has 0 bridgehead atoms. The summed E-state index contributed by atoms with van der Waals surface area (Å²) in [6.45, 7) is 5.75. The highest BCUT2D eigenvalue weighted by molar-refractivity contribution is 7.86. The number of methoxy groups -OCH3 is 1. The SMILES string of the molecule is COc1ccc(C)cc1S(=O)(=O)OCCCN1C(=O)C(C)(C)Nc2ccccc21. The van der Waals surface area contributed by atoms with Crippen LogP contribution in [0.25, 0.3) is 0 Å². The molecule has 0 saturated carbocycles. The van der Waals surface area contributed by atoms with Crippen LogP contribution in [-0.2, 0) is 19.1 Å². The molecular weight excluding hydrogens is 392 g/mol. The van der Waals surface area contributed by atoms with Gasteiger partial charge in [0.25, 0.3) is 5.91 Å². The molecule has 0 aliphatic carbocycles. The van der Waals surface area contributed by atoms with Crippen molar-refractivity contribution in [1.29, 1.82) is 0 Å². The summed E-state index contributed by atoms with van der Waals surface area (Å²) in [5.41, 5.74) is 1.70. The fourth-order valence-electron chi connectivity index (χ4n) is 3.31. The molecule has 1 amide bonds. The Morgan fingerprint density at radius 2 is 1.86 bits per heavy atom. The highest BCUT2D eigenvalue weighted by Crippen LogP contribution is 2.35. The number of para-hydroxylation sites is 2. The molecule has 8 heteroatoms. The number of anilines is 2. The third kappa shape index (κ3) is 4.38. The van der Waals surface area contributed by atoms with Crippen LogP contribution in [0.1, 0.15) is 25.8 Å². The number of rotatable bonds is 7. The lowest BCUT2D eigenvalue weighted by Gasteiger charge is -2.40. The second-order valence-electron chi connectivity index (χ2n) is 7.51. The van der Waals surface area contributed by atoms with Crippen molar-refractivity contribution in [3.63, 3.8) is 0 Å². The average molecular weight is 419 g/mol. The average Bonchev–Trinajstić information content (AvgIpc) is 2.67. The summed E-state index contributed by atoms with van der Waals surface area (Å²) in [7, 11) is -2.55. The summed E-state index contributed by atoms with van der Waals surface area (Å²) >= 11 is 0. The molecule has 0 saturated heterocycles. The van der Waals surface area contributed by atoms with E-state index < -0.39 is 15.7 Å². The van der Waals surface area contributed by atoms with Gasteiger partial charge in [0.05, 0.1) is 25.1 Å². The third-order valence-corrected chi connectivity index (χ3v) is 6.11. The van der Waals surface area contributed by atoms with E-state index in [0.717, 1.165) is 16.9 Å². The Morgan fingerprint density at radius 1 is 1.14 bits per heavy atom. The van der Waals surface area contributed by atoms with Crippen molar-refractivity contribution in [2.45, 2.75) is 37.6 Å². The summed E-state index contributed by atoms with van der Waals surface area (Å²) in [5.74, 6) is 0.169. The maximum Gasteiger partial charge on any atom is 0.300 e. The fourth-order valence-corrected chi connectivity index (χ4v) is 4.50. The van der Waals surface area contributed by atoms with Crippen molar-refractivity contribution >= 4 is 27.4 Å². The van der Waals surface area contributed by atoms with Crippen LogP contribution in [0.2, 0.25) is 0 Å². The maximum absolute atomic E-state index is 12.8. The number of ether oxygens (including phenoxy) is 1. The van der Waals surface area contributed by atoms with Gasteiger partial charge in [-0.1, -0.05) is 18.2 Å². The Kier molecular flexibility index (Phi) is 5.86. The van der Waals surface area contributed by atoms with Gasteiger partial charge in [0.15, 0.2) is 0 Å². The first-order valence-corrected chi connectivity index (χ1v) is 10.8. The van der Waals surface area contributed by atoms with Crippen molar-refractivity contribution < 1.29 is 22.1 Å². The second kappa shape index (κ2) is 8.04. The predicted octanol–water partition coefficient (Wildman–Crippen LogP) is 3.34. The Labute approximate surface area is 171 Å². The van der Waals surface area contributed by atoms with Crippen molar-refractivity contribution in [2.75, 3.05) is 30.5 Å². The van der Waals surface area contributed by atoms with E-state index in [1.54, 1.807) is 24.0 Å². The lowest BCUT2D eigenvalue weighted by molar-refractivity contribution is -0.122. The minimum atomic E-state index is -3.97. The summed E-state index contributed by atoms with van der Waals surface area (Å²) in [5, 5.41) is 3.24. The Balaban J connectivity index is 1.69. The van der Waals surface area contributed by atoms with E-state index >= 15 is 0 Å². The van der Waals surface area contributed by atoms with Gasteiger partial charge in [-0.2, -0.15) is 8.42 Å². The smallest absolute Gasteiger partial charge is 0.300 e. The molecule has 156 valence electrons. The van der Waals surface area contributed by atoms with Crippen LogP contribution in [0.5, 0.6) is 5.75 Å². The summed E-state index contributed by atoms with van der Waals surface area (Å²) in [6, 6.07) is 12.4. The fraction of sp³-hybridized carbons (Fsp3) is 0.381. The molecule has 0 spiro atoms. The van der Waals surface area contributed by atoms with Gasteiger partial charge in [0.1, 0.15) is 16.2 Å². The van der Waals surface area contributed by atoms with Crippen molar-refractivity contribution in [1.82, 2.24) is 0 Å². The second-order valence-corrected chi connectivity index (χ2v) is 9.09. The Morgan fingerprint density at radius 3 is 2.59 bits per heavy atom. The molecule has 1 heterocycles. The zero-order valence-corrected chi connectivity index (χ0v) is 17.9. The van der Waals surface area contributed by atoms with Crippen molar-refractivity contribution in [3.05, 3.63) is 48.0 Å². The molecule has 0 atom stereocenters. The Bertz CT molecular complexity index is 1020. The van der Waals surface area contributed by atoms with Gasteiger partial charge < -0.3 is 15.0 Å². The largest absolute Gasteiger partial charge is 0.495 e. The highest BCUT2D eigenvalue weighted by Gasteiger charge is 2.38. The molecule has 0 fully saturated rings. The van der Waals surface area contributed by atoms with Crippen LogP contribution in [0, 0.1) is 6.92 Å². The number of hydrogen-bond acceptors (Lipinski definition) is 6. The first kappa shape index (κ1) is 21.1. The number of carbonyl (C=O) groups excluding carboxylic acids is 1. The lowest BCUT2D eigenvalue weighted by Crippen LogP contribution is -2.54. The first-order chi connectivity index (χ1) is 13.7. The molecule has 1 aliphatic rings. The molecule has 29 heavy (non-hydrogen) atoms. The van der Waals surface area contributed by atoms with Crippen LogP contribution in [0.15, 0.2) is 47.4 Å². The van der Waals surface area contributed by atoms with E-state index in [1.165, 1.54) is 13.2 Å². The standard InChI is InChI=1S/C21H26N2O5S/c1-15-10-11-18(27-4)19(14-15)29(25,26)28-13-7-12-23-17-9-6-5-8-16(17)22-21(2,3)20(23)24/h5-6,8-11,14,22H,7,12-13H2,1-4H3. The topological polar surface area (TPSA) is 84.9 Å². The normalized spacial score (nSPS) is 15.6. The molecular formula is C21H26N2O5S. The van der Waals surface area contributed by atoms with Gasteiger partial charge in [0.2, 0.25) is 0 Å². The molecule has 1 aliphatic heterocycles. The maximum atomic E-state index is 12.8.